The molecule has 0 saturated carbocycles. The quantitative estimate of drug-likeness (QED) is 0.522. The molecular formula is C18H18N2O3. The van der Waals surface area contributed by atoms with E-state index in [2.05, 4.69) is 4.98 Å². The Morgan fingerprint density at radius 3 is 2.57 bits per heavy atom. The van der Waals surface area contributed by atoms with Gasteiger partial charge in [0, 0.05) is 18.0 Å². The number of para-hydroxylation sites is 1. The summed E-state index contributed by atoms with van der Waals surface area (Å²) in [6, 6.07) is 13.0. The van der Waals surface area contributed by atoms with Gasteiger partial charge in [0.25, 0.3) is 0 Å². The first-order valence-electron chi connectivity index (χ1n) is 7.36. The van der Waals surface area contributed by atoms with Crippen molar-refractivity contribution in [3.8, 4) is 17.0 Å². The van der Waals surface area contributed by atoms with Crippen LogP contribution >= 0.6 is 0 Å². The minimum absolute atomic E-state index is 0.421. The molecule has 3 aromatic rings. The predicted molar refractivity (Wildman–Crippen MR) is 87.5 cm³/mol. The zero-order chi connectivity index (χ0) is 16.4. The second-order valence-corrected chi connectivity index (χ2v) is 6.15. The Morgan fingerprint density at radius 1 is 1.09 bits per heavy atom. The Balaban J connectivity index is 1.93. The molecule has 3 rings (SSSR count). The SMILES string of the molecule is CC(C)(C)OC(=O)Oc1ccccc1-c1cn2ccccc2n1. The van der Waals surface area contributed by atoms with Crippen LogP contribution in [-0.4, -0.2) is 21.1 Å². The molecule has 0 atom stereocenters. The summed E-state index contributed by atoms with van der Waals surface area (Å²) in [4.78, 5) is 16.5. The molecule has 5 heteroatoms. The maximum Gasteiger partial charge on any atom is 0.514 e. The minimum Gasteiger partial charge on any atom is -0.428 e. The average molecular weight is 310 g/mol. The highest BCUT2D eigenvalue weighted by Crippen LogP contribution is 2.30. The molecule has 0 aliphatic rings. The number of ether oxygens (including phenoxy) is 2. The molecule has 2 aromatic heterocycles. The van der Waals surface area contributed by atoms with Gasteiger partial charge < -0.3 is 13.9 Å². The van der Waals surface area contributed by atoms with E-state index in [-0.39, 0.29) is 0 Å². The van der Waals surface area contributed by atoms with E-state index in [4.69, 9.17) is 9.47 Å². The van der Waals surface area contributed by atoms with Crippen LogP contribution in [0.25, 0.3) is 16.9 Å². The van der Waals surface area contributed by atoms with Gasteiger partial charge in [0.1, 0.15) is 17.0 Å². The molecule has 2 heterocycles. The molecule has 0 aliphatic heterocycles. The summed E-state index contributed by atoms with van der Waals surface area (Å²) < 4.78 is 12.5. The first-order chi connectivity index (χ1) is 10.9. The zero-order valence-corrected chi connectivity index (χ0v) is 13.3. The first-order valence-corrected chi connectivity index (χ1v) is 7.36. The highest BCUT2D eigenvalue weighted by Gasteiger charge is 2.20. The normalized spacial score (nSPS) is 11.4. The van der Waals surface area contributed by atoms with Gasteiger partial charge in [0.2, 0.25) is 0 Å². The standard InChI is InChI=1S/C18H18N2O3/c1-18(2,3)23-17(21)22-15-9-5-4-8-13(15)14-12-20-11-7-6-10-16(20)19-14/h4-12H,1-3H3. The van der Waals surface area contributed by atoms with Gasteiger partial charge in [-0.05, 0) is 45.0 Å². The van der Waals surface area contributed by atoms with Crippen molar-refractivity contribution in [2.75, 3.05) is 0 Å². The second kappa shape index (κ2) is 5.76. The van der Waals surface area contributed by atoms with Crippen molar-refractivity contribution in [2.45, 2.75) is 26.4 Å². The molecule has 0 spiro atoms. The van der Waals surface area contributed by atoms with Crippen LogP contribution in [0.4, 0.5) is 4.79 Å². The minimum atomic E-state index is -0.728. The zero-order valence-electron chi connectivity index (χ0n) is 13.3. The molecule has 1 aromatic carbocycles. The number of imidazole rings is 1. The van der Waals surface area contributed by atoms with Gasteiger partial charge in [-0.25, -0.2) is 9.78 Å². The molecule has 0 N–H and O–H groups in total. The molecule has 0 saturated heterocycles. The number of hydrogen-bond acceptors (Lipinski definition) is 4. The highest BCUT2D eigenvalue weighted by molar-refractivity contribution is 5.74. The third-order valence-corrected chi connectivity index (χ3v) is 3.11. The fraction of sp³-hybridized carbons (Fsp3) is 0.222. The maximum atomic E-state index is 11.9. The van der Waals surface area contributed by atoms with Crippen molar-refractivity contribution in [1.29, 1.82) is 0 Å². The smallest absolute Gasteiger partial charge is 0.428 e. The Morgan fingerprint density at radius 2 is 1.83 bits per heavy atom. The molecule has 118 valence electrons. The summed E-state index contributed by atoms with van der Waals surface area (Å²) in [6.07, 6.45) is 3.09. The number of hydrogen-bond donors (Lipinski definition) is 0. The summed E-state index contributed by atoms with van der Waals surface area (Å²) >= 11 is 0. The number of pyridine rings is 1. The van der Waals surface area contributed by atoms with E-state index in [1.54, 1.807) is 32.9 Å². The Labute approximate surface area is 134 Å². The molecule has 23 heavy (non-hydrogen) atoms. The Kier molecular flexibility index (Phi) is 3.78. The van der Waals surface area contributed by atoms with Gasteiger partial charge in [-0.1, -0.05) is 18.2 Å². The monoisotopic (exact) mass is 310 g/mol. The molecule has 0 aliphatic carbocycles. The third kappa shape index (κ3) is 3.51. The van der Waals surface area contributed by atoms with Crippen LogP contribution in [0.2, 0.25) is 0 Å². The van der Waals surface area contributed by atoms with Gasteiger partial charge >= 0.3 is 6.16 Å². The molecule has 0 amide bonds. The summed E-state index contributed by atoms with van der Waals surface area (Å²) in [6.45, 7) is 5.38. The van der Waals surface area contributed by atoms with E-state index in [0.717, 1.165) is 16.9 Å². The second-order valence-electron chi connectivity index (χ2n) is 6.15. The number of aromatic nitrogens is 2. The van der Waals surface area contributed by atoms with Gasteiger partial charge in [-0.3, -0.25) is 0 Å². The number of fused-ring (bicyclic) bond motifs is 1. The van der Waals surface area contributed by atoms with Gasteiger partial charge in [-0.15, -0.1) is 0 Å². The van der Waals surface area contributed by atoms with Crippen molar-refractivity contribution in [3.05, 3.63) is 54.9 Å². The van der Waals surface area contributed by atoms with Gasteiger partial charge in [0.15, 0.2) is 0 Å². The van der Waals surface area contributed by atoms with Crippen LogP contribution in [0.5, 0.6) is 5.75 Å². The van der Waals surface area contributed by atoms with Crippen LogP contribution < -0.4 is 4.74 Å². The van der Waals surface area contributed by atoms with E-state index in [1.807, 2.05) is 47.1 Å². The fourth-order valence-corrected chi connectivity index (χ4v) is 2.19. The van der Waals surface area contributed by atoms with Crippen molar-refractivity contribution in [2.24, 2.45) is 0 Å². The first kappa shape index (κ1) is 15.1. The summed E-state index contributed by atoms with van der Waals surface area (Å²) in [7, 11) is 0. The summed E-state index contributed by atoms with van der Waals surface area (Å²) in [5.41, 5.74) is 1.70. The third-order valence-electron chi connectivity index (χ3n) is 3.11. The van der Waals surface area contributed by atoms with E-state index in [0.29, 0.717) is 5.75 Å². The highest BCUT2D eigenvalue weighted by atomic mass is 16.7. The van der Waals surface area contributed by atoms with Crippen LogP contribution in [0.3, 0.4) is 0 Å². The Bertz CT molecular complexity index is 814. The number of carbonyl (C=O) groups excluding carboxylic acids is 1. The van der Waals surface area contributed by atoms with Crippen LogP contribution in [0.15, 0.2) is 54.9 Å². The van der Waals surface area contributed by atoms with E-state index >= 15 is 0 Å². The maximum absolute atomic E-state index is 11.9. The number of carbonyl (C=O) groups is 1. The van der Waals surface area contributed by atoms with Gasteiger partial charge in [0.05, 0.1) is 5.69 Å². The lowest BCUT2D eigenvalue weighted by molar-refractivity contribution is 0.0207. The predicted octanol–water partition coefficient (Wildman–Crippen LogP) is 4.32. The Hall–Kier alpha value is -2.82. The summed E-state index contributed by atoms with van der Waals surface area (Å²) in [5.74, 6) is 0.421. The topological polar surface area (TPSA) is 52.8 Å². The molecular weight excluding hydrogens is 292 g/mol. The number of nitrogens with zero attached hydrogens (tertiary/aromatic N) is 2. The largest absolute Gasteiger partial charge is 0.514 e. The van der Waals surface area contributed by atoms with E-state index in [9.17, 15) is 4.79 Å². The van der Waals surface area contributed by atoms with Crippen LogP contribution in [0, 0.1) is 0 Å². The van der Waals surface area contributed by atoms with Crippen molar-refractivity contribution in [3.63, 3.8) is 0 Å². The van der Waals surface area contributed by atoms with Crippen molar-refractivity contribution in [1.82, 2.24) is 9.38 Å². The number of rotatable bonds is 2. The lowest BCUT2D eigenvalue weighted by Crippen LogP contribution is -2.26. The molecule has 0 radical (unpaired) electrons. The number of benzene rings is 1. The molecule has 0 fully saturated rings. The molecule has 0 bridgehead atoms. The van der Waals surface area contributed by atoms with E-state index < -0.39 is 11.8 Å². The molecule has 0 unspecified atom stereocenters. The van der Waals surface area contributed by atoms with Gasteiger partial charge in [-0.2, -0.15) is 0 Å². The average Bonchev–Trinajstić information content (AvgIpc) is 2.89. The lowest BCUT2D eigenvalue weighted by atomic mass is 10.1. The van der Waals surface area contributed by atoms with E-state index in [1.165, 1.54) is 0 Å². The fourth-order valence-electron chi connectivity index (χ4n) is 2.19. The summed E-state index contributed by atoms with van der Waals surface area (Å²) in [5, 5.41) is 0. The lowest BCUT2D eigenvalue weighted by Gasteiger charge is -2.19. The molecule has 5 nitrogen and oxygen atoms in total. The van der Waals surface area contributed by atoms with Crippen molar-refractivity contribution < 1.29 is 14.3 Å². The van der Waals surface area contributed by atoms with Crippen molar-refractivity contribution >= 4 is 11.8 Å². The van der Waals surface area contributed by atoms with Crippen LogP contribution in [-0.2, 0) is 4.74 Å². The van der Waals surface area contributed by atoms with Crippen LogP contribution in [0.1, 0.15) is 20.8 Å².